The number of aromatic nitrogens is 4. The van der Waals surface area contributed by atoms with Gasteiger partial charge in [0.15, 0.2) is 5.82 Å². The van der Waals surface area contributed by atoms with Crippen LogP contribution in [-0.2, 0) is 6.54 Å². The smallest absolute Gasteiger partial charge is 0.256 e. The molecule has 1 aromatic carbocycles. The van der Waals surface area contributed by atoms with E-state index in [0.717, 1.165) is 21.9 Å². The topological polar surface area (TPSA) is 99.4 Å². The van der Waals surface area contributed by atoms with Gasteiger partial charge in [0, 0.05) is 25.4 Å². The molecule has 4 aromatic rings. The van der Waals surface area contributed by atoms with Crippen LogP contribution in [0, 0.1) is 23.2 Å². The number of rotatable bonds is 6. The number of nitriles is 1. The molecule has 1 atom stereocenters. The van der Waals surface area contributed by atoms with Crippen LogP contribution in [0.2, 0.25) is 0 Å². The summed E-state index contributed by atoms with van der Waals surface area (Å²) in [6.45, 7) is 1.40. The van der Waals surface area contributed by atoms with E-state index in [1.54, 1.807) is 16.8 Å². The van der Waals surface area contributed by atoms with Crippen LogP contribution < -0.4 is 10.9 Å². The second kappa shape index (κ2) is 7.73. The van der Waals surface area contributed by atoms with Crippen molar-refractivity contribution in [3.8, 4) is 11.9 Å². The van der Waals surface area contributed by atoms with E-state index in [2.05, 4.69) is 32.4 Å². The zero-order chi connectivity index (χ0) is 20.5. The molecule has 2 N–H and O–H groups in total. The van der Waals surface area contributed by atoms with Gasteiger partial charge in [0.1, 0.15) is 12.0 Å². The maximum Gasteiger partial charge on any atom is 0.256 e. The van der Waals surface area contributed by atoms with Crippen LogP contribution in [0.15, 0.2) is 53.7 Å². The molecule has 1 fully saturated rings. The third-order valence-electron chi connectivity index (χ3n) is 6.08. The molecule has 7 heteroatoms. The van der Waals surface area contributed by atoms with Crippen molar-refractivity contribution in [2.24, 2.45) is 11.8 Å². The molecule has 1 aliphatic carbocycles. The second-order valence-corrected chi connectivity index (χ2v) is 7.89. The van der Waals surface area contributed by atoms with Gasteiger partial charge in [-0.15, -0.1) is 0 Å². The van der Waals surface area contributed by atoms with E-state index in [1.165, 1.54) is 25.6 Å². The lowest BCUT2D eigenvalue weighted by Crippen LogP contribution is -2.30. The molecule has 5 rings (SSSR count). The Balaban J connectivity index is 1.44. The fourth-order valence-corrected chi connectivity index (χ4v) is 4.19. The second-order valence-electron chi connectivity index (χ2n) is 7.89. The molecule has 3 heterocycles. The maximum atomic E-state index is 12.7. The Kier molecular flexibility index (Phi) is 4.77. The molecule has 0 spiro atoms. The number of H-pyrrole nitrogens is 1. The lowest BCUT2D eigenvalue weighted by molar-refractivity contribution is 0.241. The summed E-state index contributed by atoms with van der Waals surface area (Å²) in [7, 11) is 0. The van der Waals surface area contributed by atoms with Crippen LogP contribution in [0.1, 0.15) is 24.8 Å². The fraction of sp³-hybridized carbons (Fsp3) is 0.304. The lowest BCUT2D eigenvalue weighted by atomic mass is 9.76. The number of benzene rings is 1. The molecule has 1 aliphatic rings. The molecule has 1 saturated carbocycles. The number of aromatic amines is 1. The van der Waals surface area contributed by atoms with Crippen molar-refractivity contribution in [3.05, 3.63) is 64.8 Å². The molecule has 0 bridgehead atoms. The van der Waals surface area contributed by atoms with Gasteiger partial charge in [-0.05, 0) is 54.0 Å². The zero-order valence-electron chi connectivity index (χ0n) is 16.5. The molecule has 0 radical (unpaired) electrons. The number of hydrogen-bond donors (Lipinski definition) is 2. The molecule has 0 saturated heterocycles. The molecule has 0 amide bonds. The summed E-state index contributed by atoms with van der Waals surface area (Å²) in [6, 6.07) is 13.8. The van der Waals surface area contributed by atoms with Gasteiger partial charge >= 0.3 is 0 Å². The van der Waals surface area contributed by atoms with E-state index in [1.807, 2.05) is 24.3 Å². The van der Waals surface area contributed by atoms with Gasteiger partial charge in [-0.2, -0.15) is 5.26 Å². The predicted octanol–water partition coefficient (Wildman–Crippen LogP) is 3.29. The van der Waals surface area contributed by atoms with Crippen LogP contribution >= 0.6 is 0 Å². The third-order valence-corrected chi connectivity index (χ3v) is 6.08. The Bertz CT molecular complexity index is 1310. The van der Waals surface area contributed by atoms with Crippen LogP contribution in [0.3, 0.4) is 0 Å². The van der Waals surface area contributed by atoms with Gasteiger partial charge in [-0.3, -0.25) is 9.36 Å². The summed E-state index contributed by atoms with van der Waals surface area (Å²) in [4.78, 5) is 24.4. The van der Waals surface area contributed by atoms with Crippen molar-refractivity contribution >= 4 is 21.9 Å². The quantitative estimate of drug-likeness (QED) is 0.519. The van der Waals surface area contributed by atoms with Crippen molar-refractivity contribution in [1.29, 1.82) is 5.26 Å². The largest absolute Gasteiger partial charge is 0.346 e. The Morgan fingerprint density at radius 2 is 2.13 bits per heavy atom. The predicted molar refractivity (Wildman–Crippen MR) is 115 cm³/mol. The number of pyridine rings is 1. The SMILES string of the molecule is N#CC(CNCc1ccc2c(ccc(=O)n2-c2ncnc3[nH]ccc23)c1)C1CCC1. The standard InChI is InChI=1S/C23H22N6O/c24-11-18(16-2-1-3-16)13-25-12-15-4-6-20-17(10-15)5-7-21(30)29(20)23-19-8-9-26-22(19)27-14-28-23/h4-10,14,16,18,25H,1-3,12-13H2,(H,26,27,28). The number of nitrogens with one attached hydrogen (secondary N) is 2. The molecule has 7 nitrogen and oxygen atoms in total. The first kappa shape index (κ1) is 18.5. The van der Waals surface area contributed by atoms with E-state index < -0.39 is 0 Å². The molecule has 0 aliphatic heterocycles. The fourth-order valence-electron chi connectivity index (χ4n) is 4.19. The van der Waals surface area contributed by atoms with Crippen molar-refractivity contribution in [1.82, 2.24) is 24.8 Å². The Morgan fingerprint density at radius 1 is 1.23 bits per heavy atom. The van der Waals surface area contributed by atoms with Crippen LogP contribution in [-0.4, -0.2) is 26.1 Å². The molecule has 150 valence electrons. The molecule has 30 heavy (non-hydrogen) atoms. The van der Waals surface area contributed by atoms with Gasteiger partial charge in [0.25, 0.3) is 5.56 Å². The van der Waals surface area contributed by atoms with Crippen LogP contribution in [0.25, 0.3) is 27.8 Å². The highest BCUT2D eigenvalue weighted by molar-refractivity contribution is 5.87. The summed E-state index contributed by atoms with van der Waals surface area (Å²) >= 11 is 0. The van der Waals surface area contributed by atoms with Crippen molar-refractivity contribution in [3.63, 3.8) is 0 Å². The highest BCUT2D eigenvalue weighted by Gasteiger charge is 2.26. The minimum absolute atomic E-state index is 0.0888. The molecular formula is C23H22N6O. The summed E-state index contributed by atoms with van der Waals surface area (Å²) in [5.41, 5.74) is 2.49. The van der Waals surface area contributed by atoms with Crippen molar-refractivity contribution in [2.75, 3.05) is 6.54 Å². The summed E-state index contributed by atoms with van der Waals surface area (Å²) in [5, 5.41) is 14.6. The minimum atomic E-state index is -0.132. The summed E-state index contributed by atoms with van der Waals surface area (Å²) < 4.78 is 1.63. The van der Waals surface area contributed by atoms with Crippen molar-refractivity contribution < 1.29 is 0 Å². The first-order valence-corrected chi connectivity index (χ1v) is 10.3. The Labute approximate surface area is 173 Å². The normalized spacial score (nSPS) is 15.2. The zero-order valence-corrected chi connectivity index (χ0v) is 16.5. The van der Waals surface area contributed by atoms with E-state index in [0.29, 0.717) is 30.5 Å². The van der Waals surface area contributed by atoms with E-state index in [4.69, 9.17) is 0 Å². The number of fused-ring (bicyclic) bond motifs is 2. The minimum Gasteiger partial charge on any atom is -0.346 e. The Hall–Kier alpha value is -3.50. The van der Waals surface area contributed by atoms with Gasteiger partial charge < -0.3 is 10.3 Å². The first-order valence-electron chi connectivity index (χ1n) is 10.3. The summed E-state index contributed by atoms with van der Waals surface area (Å²) in [5.74, 6) is 1.21. The molecule has 3 aromatic heterocycles. The van der Waals surface area contributed by atoms with E-state index in [-0.39, 0.29) is 11.5 Å². The summed E-state index contributed by atoms with van der Waals surface area (Å²) in [6.07, 6.45) is 6.85. The monoisotopic (exact) mass is 398 g/mol. The van der Waals surface area contributed by atoms with Gasteiger partial charge in [-0.25, -0.2) is 9.97 Å². The molecule has 1 unspecified atom stereocenters. The van der Waals surface area contributed by atoms with Crippen molar-refractivity contribution in [2.45, 2.75) is 25.8 Å². The average molecular weight is 398 g/mol. The van der Waals surface area contributed by atoms with Gasteiger partial charge in [0.05, 0.1) is 22.9 Å². The third kappa shape index (κ3) is 3.25. The highest BCUT2D eigenvalue weighted by atomic mass is 16.1. The van der Waals surface area contributed by atoms with Crippen LogP contribution in [0.4, 0.5) is 0 Å². The van der Waals surface area contributed by atoms with Crippen LogP contribution in [0.5, 0.6) is 0 Å². The molecular weight excluding hydrogens is 376 g/mol. The maximum absolute atomic E-state index is 12.7. The van der Waals surface area contributed by atoms with Gasteiger partial charge in [0.2, 0.25) is 0 Å². The first-order chi connectivity index (χ1) is 14.7. The van der Waals surface area contributed by atoms with E-state index in [9.17, 15) is 10.1 Å². The lowest BCUT2D eigenvalue weighted by Gasteiger charge is -2.29. The average Bonchev–Trinajstić information content (AvgIpc) is 3.21. The Morgan fingerprint density at radius 3 is 2.93 bits per heavy atom. The highest BCUT2D eigenvalue weighted by Crippen LogP contribution is 2.32. The van der Waals surface area contributed by atoms with Gasteiger partial charge in [-0.1, -0.05) is 12.5 Å². The number of nitrogens with zero attached hydrogens (tertiary/aromatic N) is 4. The number of hydrogen-bond acceptors (Lipinski definition) is 5. The van der Waals surface area contributed by atoms with E-state index >= 15 is 0 Å².